The van der Waals surface area contributed by atoms with E-state index in [0.29, 0.717) is 104 Å². The van der Waals surface area contributed by atoms with E-state index in [2.05, 4.69) is 0 Å². The molecule has 1 aliphatic heterocycles. The molecule has 0 fully saturated rings. The van der Waals surface area contributed by atoms with Crippen LogP contribution in [0.4, 0.5) is 0 Å². The summed E-state index contributed by atoms with van der Waals surface area (Å²) in [5.41, 5.74) is 3.39. The Bertz CT molecular complexity index is 3830. The summed E-state index contributed by atoms with van der Waals surface area (Å²) in [5, 5.41) is 44.3. The van der Waals surface area contributed by atoms with E-state index in [1.54, 1.807) is 110 Å². The number of hydrogen-bond acceptors (Lipinski definition) is 18. The lowest BCUT2D eigenvalue weighted by molar-refractivity contribution is 0.111. The zero-order chi connectivity index (χ0) is 62.8. The Morgan fingerprint density at radius 1 is 0.299 bits per heavy atom. The van der Waals surface area contributed by atoms with Gasteiger partial charge >= 0.3 is 0 Å². The summed E-state index contributed by atoms with van der Waals surface area (Å²) >= 11 is 0. The average Bonchev–Trinajstić information content (AvgIpc) is 1.70. The molecular weight excluding hydrogens is 1120 g/mol. The summed E-state index contributed by atoms with van der Waals surface area (Å²) in [6.45, 7) is 0. The van der Waals surface area contributed by atoms with E-state index in [1.165, 1.54) is 61.7 Å². The lowest BCUT2D eigenvalue weighted by Crippen LogP contribution is -2.01. The number of para-hydroxylation sites is 5. The fourth-order valence-corrected chi connectivity index (χ4v) is 6.90. The van der Waals surface area contributed by atoms with Crippen molar-refractivity contribution in [3.63, 3.8) is 0 Å². The Labute approximate surface area is 499 Å². The predicted molar refractivity (Wildman–Crippen MR) is 324 cm³/mol. The number of phenolic OH excluding ortho intramolecular Hbond substituents is 5. The van der Waals surface area contributed by atoms with Gasteiger partial charge in [-0.3, -0.25) is 33.6 Å². The van der Waals surface area contributed by atoms with E-state index in [1.807, 2.05) is 72.8 Å². The zero-order valence-electron chi connectivity index (χ0n) is 46.5. The summed E-state index contributed by atoms with van der Waals surface area (Å²) in [4.78, 5) is 72.4. The second-order valence-corrected chi connectivity index (χ2v) is 17.3. The van der Waals surface area contributed by atoms with Gasteiger partial charge in [0.15, 0.2) is 58.6 Å². The van der Waals surface area contributed by atoms with Gasteiger partial charge < -0.3 is 54.0 Å². The number of aromatic hydroxyl groups is 5. The molecule has 0 bridgehead atoms. The van der Waals surface area contributed by atoms with Crippen LogP contribution in [0.2, 0.25) is 0 Å². The average molecular weight is 1170 g/mol. The van der Waals surface area contributed by atoms with Crippen LogP contribution in [0.3, 0.4) is 0 Å². The van der Waals surface area contributed by atoms with Crippen LogP contribution in [0.25, 0.3) is 0 Å². The van der Waals surface area contributed by atoms with Crippen molar-refractivity contribution in [2.75, 3.05) is 14.2 Å². The van der Waals surface area contributed by atoms with Crippen molar-refractivity contribution in [2.45, 2.75) is 0 Å². The van der Waals surface area contributed by atoms with E-state index >= 15 is 0 Å². The van der Waals surface area contributed by atoms with Crippen LogP contribution < -0.4 is 28.4 Å². The molecule has 0 radical (unpaired) electrons. The van der Waals surface area contributed by atoms with Crippen LogP contribution >= 0.6 is 0 Å². The maximum Gasteiger partial charge on any atom is 0.180 e. The van der Waals surface area contributed by atoms with Crippen molar-refractivity contribution >= 4 is 44.0 Å². The van der Waals surface area contributed by atoms with Crippen LogP contribution in [0.1, 0.15) is 72.5 Å². The number of benzene rings is 10. The highest BCUT2D eigenvalue weighted by atomic mass is 16.6. The normalized spacial score (nSPS) is 9.77. The van der Waals surface area contributed by atoms with E-state index in [-0.39, 0.29) is 28.7 Å². The van der Waals surface area contributed by atoms with Gasteiger partial charge in [0.05, 0.1) is 25.3 Å². The maximum atomic E-state index is 10.9. The van der Waals surface area contributed by atoms with Crippen LogP contribution in [0.15, 0.2) is 231 Å². The monoisotopic (exact) mass is 1170 g/mol. The largest absolute Gasteiger partial charge is 0.508 e. The number of aldehydes is 7. The van der Waals surface area contributed by atoms with Crippen LogP contribution in [0, 0.1) is 0 Å². The van der Waals surface area contributed by atoms with E-state index in [0.717, 1.165) is 36.1 Å². The summed E-state index contributed by atoms with van der Waals surface area (Å²) in [6, 6.07) is 64.3. The molecule has 18 nitrogen and oxygen atoms in total. The Hall–Kier alpha value is -12.3. The molecule has 10 aromatic carbocycles. The second kappa shape index (κ2) is 35.5. The SMILES string of the molecule is COc1cc(C=O)ccc1O.COc1ccc(Oc2cccc(C=O)c2)cc1.O=Cc1ccc(O)c(O)c1.O=Cc1ccc(Oc2ccccc2)cc1.O=Cc1cccc(O)c1.O=Cc1cccc2c1Oc1ccccc1O2.O=Cc1ccccc1O. The number of fused-ring (bicyclic) bond motifs is 2. The number of phenols is 5. The molecule has 0 saturated carbocycles. The summed E-state index contributed by atoms with van der Waals surface area (Å²) in [7, 11) is 3.05. The third-order valence-electron chi connectivity index (χ3n) is 11.2. The Morgan fingerprint density at radius 3 is 1.30 bits per heavy atom. The lowest BCUT2D eigenvalue weighted by Gasteiger charge is -2.21. The van der Waals surface area contributed by atoms with E-state index in [9.17, 15) is 33.6 Å². The first-order valence-electron chi connectivity index (χ1n) is 25.7. The van der Waals surface area contributed by atoms with Crippen LogP contribution in [-0.4, -0.2) is 83.8 Å². The minimum atomic E-state index is -0.274. The van der Waals surface area contributed by atoms with Gasteiger partial charge in [0.25, 0.3) is 0 Å². The molecule has 1 aliphatic rings. The molecule has 87 heavy (non-hydrogen) atoms. The van der Waals surface area contributed by atoms with Crippen molar-refractivity contribution in [2.24, 2.45) is 0 Å². The molecular formula is C69H56O18. The molecule has 5 N–H and O–H groups in total. The number of methoxy groups -OCH3 is 2. The number of carbonyl (C=O) groups excluding carboxylic acids is 7. The molecule has 0 atom stereocenters. The molecule has 10 aromatic rings. The highest BCUT2D eigenvalue weighted by Gasteiger charge is 2.20. The third-order valence-corrected chi connectivity index (χ3v) is 11.2. The summed E-state index contributed by atoms with van der Waals surface area (Å²) in [6.07, 6.45) is 4.97. The van der Waals surface area contributed by atoms with Gasteiger partial charge in [-0.1, -0.05) is 72.8 Å². The molecule has 1 heterocycles. The van der Waals surface area contributed by atoms with Gasteiger partial charge in [0.1, 0.15) is 71.7 Å². The first-order chi connectivity index (χ1) is 42.3. The number of hydrogen-bond donors (Lipinski definition) is 5. The topological polar surface area (TPSA) is 276 Å². The summed E-state index contributed by atoms with van der Waals surface area (Å²) in [5.74, 6) is 6.01. The fraction of sp³-hybridized carbons (Fsp3) is 0.0290. The molecule has 11 rings (SSSR count). The molecule has 440 valence electrons. The Kier molecular flexibility index (Phi) is 26.7. The first kappa shape index (κ1) is 65.5. The number of rotatable bonds is 13. The number of carbonyl (C=O) groups is 7. The zero-order valence-corrected chi connectivity index (χ0v) is 46.5. The minimum Gasteiger partial charge on any atom is -0.508 e. The first-order valence-corrected chi connectivity index (χ1v) is 25.7. The molecule has 0 amide bonds. The minimum absolute atomic E-state index is 0.0347. The molecule has 18 heteroatoms. The van der Waals surface area contributed by atoms with Crippen molar-refractivity contribution in [3.8, 4) is 86.2 Å². The van der Waals surface area contributed by atoms with E-state index < -0.39 is 0 Å². The van der Waals surface area contributed by atoms with Crippen molar-refractivity contribution in [3.05, 3.63) is 269 Å². The second-order valence-electron chi connectivity index (χ2n) is 17.3. The van der Waals surface area contributed by atoms with Crippen molar-refractivity contribution in [1.82, 2.24) is 0 Å². The Balaban J connectivity index is 0.000000188. The van der Waals surface area contributed by atoms with Gasteiger partial charge in [0, 0.05) is 27.8 Å². The van der Waals surface area contributed by atoms with Gasteiger partial charge in [-0.05, 0) is 158 Å². The molecule has 0 unspecified atom stereocenters. The fourth-order valence-electron chi connectivity index (χ4n) is 6.90. The van der Waals surface area contributed by atoms with Crippen LogP contribution in [0.5, 0.6) is 86.2 Å². The smallest absolute Gasteiger partial charge is 0.180 e. The predicted octanol–water partition coefficient (Wildman–Crippen LogP) is 14.5. The lowest BCUT2D eigenvalue weighted by atomic mass is 10.2. The number of ether oxygens (including phenoxy) is 6. The quantitative estimate of drug-likeness (QED) is 0.0530. The van der Waals surface area contributed by atoms with Crippen molar-refractivity contribution < 1.29 is 87.5 Å². The third kappa shape index (κ3) is 21.8. The maximum absolute atomic E-state index is 10.9. The van der Waals surface area contributed by atoms with Gasteiger partial charge in [-0.2, -0.15) is 0 Å². The van der Waals surface area contributed by atoms with Crippen LogP contribution in [-0.2, 0) is 0 Å². The standard InChI is InChI=1S/C14H12O3.C13H8O3.C13H10O2.C8H8O3.C7H6O3.2C7H6O2/c1-16-12-5-7-13(8-6-12)17-14-4-2-3-11(9-14)10-15;14-8-9-4-3-7-12-13(9)16-11-6-2-1-5-10(11)15-12;14-10-11-6-8-13(9-7-11)15-12-4-2-1-3-5-12;1-11-8-4-6(5-9)2-3-7(8)10;8-4-5-1-2-6(9)7(10)3-5;8-5-6-2-1-3-7(9)4-6;8-5-6-3-1-2-4-7(6)9/h2-10H,1H3;1-8H;1-10H;2-5,10H,1H3;1-4,9-10H;2*1-5,9H. The van der Waals surface area contributed by atoms with Crippen molar-refractivity contribution in [1.29, 1.82) is 0 Å². The highest BCUT2D eigenvalue weighted by molar-refractivity contribution is 5.82. The molecule has 0 saturated heterocycles. The van der Waals surface area contributed by atoms with Gasteiger partial charge in [0.2, 0.25) is 0 Å². The molecule has 0 spiro atoms. The highest BCUT2D eigenvalue weighted by Crippen LogP contribution is 2.46. The Morgan fingerprint density at radius 2 is 0.747 bits per heavy atom. The molecule has 0 aliphatic carbocycles. The summed E-state index contributed by atoms with van der Waals surface area (Å²) < 4.78 is 32.3. The molecule has 0 aromatic heterocycles. The van der Waals surface area contributed by atoms with Gasteiger partial charge in [-0.25, -0.2) is 0 Å². The van der Waals surface area contributed by atoms with Gasteiger partial charge in [-0.15, -0.1) is 0 Å². The van der Waals surface area contributed by atoms with E-state index in [4.69, 9.17) is 54.0 Å².